The highest BCUT2D eigenvalue weighted by atomic mass is 16.3. The summed E-state index contributed by atoms with van der Waals surface area (Å²) in [6, 6.07) is 7.17. The second-order valence-electron chi connectivity index (χ2n) is 6.04. The maximum atomic E-state index is 12.4. The second kappa shape index (κ2) is 5.56. The topological polar surface area (TPSA) is 64.0 Å². The zero-order valence-corrected chi connectivity index (χ0v) is 12.2. The van der Waals surface area contributed by atoms with Gasteiger partial charge in [-0.05, 0) is 37.8 Å². The molecule has 0 spiro atoms. The number of hydrogen-bond acceptors (Lipinski definition) is 4. The van der Waals surface area contributed by atoms with Gasteiger partial charge in [-0.3, -0.25) is 4.79 Å². The first kappa shape index (κ1) is 14.2. The highest BCUT2D eigenvalue weighted by molar-refractivity contribution is 5.85. The van der Waals surface area contributed by atoms with E-state index in [1.54, 1.807) is 17.0 Å². The van der Waals surface area contributed by atoms with Crippen molar-refractivity contribution in [3.05, 3.63) is 24.3 Å². The number of rotatable bonds is 2. The number of piperazine rings is 1. The highest BCUT2D eigenvalue weighted by Crippen LogP contribution is 2.31. The summed E-state index contributed by atoms with van der Waals surface area (Å²) in [6.07, 6.45) is 3.06. The SMILES string of the molecule is O=C(N1CCN(c2cccc(O)c2)CC1)C1(O)CCCC1. The molecular weight excluding hydrogens is 268 g/mol. The van der Waals surface area contributed by atoms with E-state index in [0.717, 1.165) is 31.6 Å². The Kier molecular flexibility index (Phi) is 3.76. The van der Waals surface area contributed by atoms with E-state index in [2.05, 4.69) is 4.90 Å². The van der Waals surface area contributed by atoms with Crippen molar-refractivity contribution in [2.45, 2.75) is 31.3 Å². The van der Waals surface area contributed by atoms with Crippen LogP contribution in [0.25, 0.3) is 0 Å². The summed E-state index contributed by atoms with van der Waals surface area (Å²) >= 11 is 0. The van der Waals surface area contributed by atoms with Crippen LogP contribution in [0.15, 0.2) is 24.3 Å². The third kappa shape index (κ3) is 2.83. The van der Waals surface area contributed by atoms with Gasteiger partial charge in [0.15, 0.2) is 0 Å². The normalized spacial score (nSPS) is 21.6. The molecule has 3 rings (SSSR count). The van der Waals surface area contributed by atoms with Crippen LogP contribution in [0.4, 0.5) is 5.69 Å². The molecule has 1 aromatic carbocycles. The number of carbonyl (C=O) groups is 1. The zero-order valence-electron chi connectivity index (χ0n) is 12.2. The predicted molar refractivity (Wildman–Crippen MR) is 80.3 cm³/mol. The van der Waals surface area contributed by atoms with Crippen molar-refractivity contribution in [2.24, 2.45) is 0 Å². The van der Waals surface area contributed by atoms with Crippen LogP contribution in [-0.2, 0) is 4.79 Å². The van der Waals surface area contributed by atoms with Crippen molar-refractivity contribution in [1.29, 1.82) is 0 Å². The van der Waals surface area contributed by atoms with E-state index >= 15 is 0 Å². The van der Waals surface area contributed by atoms with Gasteiger partial charge in [-0.2, -0.15) is 0 Å². The van der Waals surface area contributed by atoms with Crippen molar-refractivity contribution in [3.8, 4) is 5.75 Å². The molecule has 114 valence electrons. The average Bonchev–Trinajstić information content (AvgIpc) is 2.95. The molecule has 2 aliphatic rings. The highest BCUT2D eigenvalue weighted by Gasteiger charge is 2.42. The number of aliphatic hydroxyl groups is 1. The molecule has 0 aromatic heterocycles. The fourth-order valence-electron chi connectivity index (χ4n) is 3.33. The van der Waals surface area contributed by atoms with Gasteiger partial charge in [0.1, 0.15) is 11.4 Å². The van der Waals surface area contributed by atoms with E-state index in [4.69, 9.17) is 0 Å². The Bertz CT molecular complexity index is 518. The molecule has 1 aliphatic heterocycles. The first-order valence-corrected chi connectivity index (χ1v) is 7.64. The second-order valence-corrected chi connectivity index (χ2v) is 6.04. The quantitative estimate of drug-likeness (QED) is 0.863. The van der Waals surface area contributed by atoms with Crippen molar-refractivity contribution < 1.29 is 15.0 Å². The standard InChI is InChI=1S/C16H22N2O3/c19-14-5-3-4-13(12-14)17-8-10-18(11-9-17)15(20)16(21)6-1-2-7-16/h3-5,12,19,21H,1-2,6-11H2. The molecule has 1 aromatic rings. The van der Waals surface area contributed by atoms with Crippen molar-refractivity contribution in [3.63, 3.8) is 0 Å². The van der Waals surface area contributed by atoms with E-state index in [1.807, 2.05) is 12.1 Å². The maximum Gasteiger partial charge on any atom is 0.254 e. The largest absolute Gasteiger partial charge is 0.508 e. The lowest BCUT2D eigenvalue weighted by Crippen LogP contribution is -2.55. The Morgan fingerprint density at radius 1 is 1.10 bits per heavy atom. The lowest BCUT2D eigenvalue weighted by molar-refractivity contribution is -0.151. The summed E-state index contributed by atoms with van der Waals surface area (Å²) in [7, 11) is 0. The number of phenols is 1. The summed E-state index contributed by atoms with van der Waals surface area (Å²) in [5.74, 6) is 0.154. The number of nitrogens with zero attached hydrogens (tertiary/aromatic N) is 2. The van der Waals surface area contributed by atoms with Crippen LogP contribution in [0.5, 0.6) is 5.75 Å². The lowest BCUT2D eigenvalue weighted by Gasteiger charge is -2.39. The Morgan fingerprint density at radius 3 is 2.38 bits per heavy atom. The molecule has 21 heavy (non-hydrogen) atoms. The zero-order chi connectivity index (χ0) is 14.9. The third-order valence-electron chi connectivity index (χ3n) is 4.59. The molecule has 5 heteroatoms. The molecule has 0 bridgehead atoms. The molecule has 2 fully saturated rings. The molecular formula is C16H22N2O3. The fourth-order valence-corrected chi connectivity index (χ4v) is 3.33. The van der Waals surface area contributed by atoms with Gasteiger partial charge >= 0.3 is 0 Å². The smallest absolute Gasteiger partial charge is 0.254 e. The van der Waals surface area contributed by atoms with Gasteiger partial charge in [-0.15, -0.1) is 0 Å². The number of anilines is 1. The number of aromatic hydroxyl groups is 1. The summed E-state index contributed by atoms with van der Waals surface area (Å²) in [5, 5.41) is 19.9. The van der Waals surface area contributed by atoms with Gasteiger partial charge in [0.05, 0.1) is 0 Å². The molecule has 1 aliphatic carbocycles. The van der Waals surface area contributed by atoms with E-state index in [0.29, 0.717) is 25.9 Å². The number of phenolic OH excluding ortho intramolecular Hbond substituents is 1. The van der Waals surface area contributed by atoms with Crippen LogP contribution >= 0.6 is 0 Å². The van der Waals surface area contributed by atoms with Gasteiger partial charge in [0.2, 0.25) is 0 Å². The number of benzene rings is 1. The van der Waals surface area contributed by atoms with Gasteiger partial charge < -0.3 is 20.0 Å². The van der Waals surface area contributed by atoms with E-state index in [1.165, 1.54) is 0 Å². The van der Waals surface area contributed by atoms with Gasteiger partial charge in [0, 0.05) is 37.9 Å². The Labute approximate surface area is 124 Å². The van der Waals surface area contributed by atoms with E-state index in [-0.39, 0.29) is 11.7 Å². The molecule has 5 nitrogen and oxygen atoms in total. The number of carbonyl (C=O) groups excluding carboxylic acids is 1. The Hall–Kier alpha value is -1.75. The summed E-state index contributed by atoms with van der Waals surface area (Å²) in [6.45, 7) is 2.70. The number of hydrogen-bond donors (Lipinski definition) is 2. The summed E-state index contributed by atoms with van der Waals surface area (Å²) in [4.78, 5) is 16.4. The minimum Gasteiger partial charge on any atom is -0.508 e. The monoisotopic (exact) mass is 290 g/mol. The lowest BCUT2D eigenvalue weighted by atomic mass is 10.00. The molecule has 0 unspecified atom stereocenters. The average molecular weight is 290 g/mol. The van der Waals surface area contributed by atoms with Crippen LogP contribution in [0, 0.1) is 0 Å². The summed E-state index contributed by atoms with van der Waals surface area (Å²) < 4.78 is 0. The first-order chi connectivity index (χ1) is 10.1. The van der Waals surface area contributed by atoms with Gasteiger partial charge in [-0.25, -0.2) is 0 Å². The molecule has 1 saturated heterocycles. The van der Waals surface area contributed by atoms with Crippen LogP contribution in [0.2, 0.25) is 0 Å². The van der Waals surface area contributed by atoms with Gasteiger partial charge in [-0.1, -0.05) is 6.07 Å². The molecule has 2 N–H and O–H groups in total. The van der Waals surface area contributed by atoms with Crippen LogP contribution in [0.1, 0.15) is 25.7 Å². The molecule has 0 radical (unpaired) electrons. The van der Waals surface area contributed by atoms with Crippen LogP contribution < -0.4 is 4.90 Å². The molecule has 0 atom stereocenters. The number of amides is 1. The van der Waals surface area contributed by atoms with Crippen LogP contribution in [0.3, 0.4) is 0 Å². The van der Waals surface area contributed by atoms with E-state index in [9.17, 15) is 15.0 Å². The molecule has 1 heterocycles. The van der Waals surface area contributed by atoms with E-state index < -0.39 is 5.60 Å². The van der Waals surface area contributed by atoms with Crippen molar-refractivity contribution in [1.82, 2.24) is 4.90 Å². The first-order valence-electron chi connectivity index (χ1n) is 7.64. The Morgan fingerprint density at radius 2 is 1.76 bits per heavy atom. The maximum absolute atomic E-state index is 12.4. The van der Waals surface area contributed by atoms with Crippen LogP contribution in [-0.4, -0.2) is 52.8 Å². The third-order valence-corrected chi connectivity index (χ3v) is 4.59. The fraction of sp³-hybridized carbons (Fsp3) is 0.562. The minimum absolute atomic E-state index is 0.101. The minimum atomic E-state index is -1.12. The molecule has 1 amide bonds. The van der Waals surface area contributed by atoms with Crippen molar-refractivity contribution >= 4 is 11.6 Å². The van der Waals surface area contributed by atoms with Crippen molar-refractivity contribution in [2.75, 3.05) is 31.1 Å². The summed E-state index contributed by atoms with van der Waals surface area (Å²) in [5.41, 5.74) is -0.144. The van der Waals surface area contributed by atoms with Gasteiger partial charge in [0.25, 0.3) is 5.91 Å². The molecule has 1 saturated carbocycles. The predicted octanol–water partition coefficient (Wildman–Crippen LogP) is 1.35. The Balaban J connectivity index is 1.61.